The molecule has 0 atom stereocenters. The lowest BCUT2D eigenvalue weighted by molar-refractivity contribution is 0.527. The van der Waals surface area contributed by atoms with E-state index in [4.69, 9.17) is 5.73 Å². The van der Waals surface area contributed by atoms with Gasteiger partial charge in [0, 0.05) is 12.1 Å². The van der Waals surface area contributed by atoms with Gasteiger partial charge in [0.15, 0.2) is 0 Å². The van der Waals surface area contributed by atoms with E-state index in [0.717, 1.165) is 30.0 Å². The van der Waals surface area contributed by atoms with E-state index in [0.29, 0.717) is 5.92 Å². The molecule has 18 heavy (non-hydrogen) atoms. The van der Waals surface area contributed by atoms with Crippen molar-refractivity contribution in [3.05, 3.63) is 36.2 Å². The molecular weight excluding hydrogens is 222 g/mol. The molecule has 2 N–H and O–H groups in total. The third kappa shape index (κ3) is 2.40. The minimum absolute atomic E-state index is 0.566. The summed E-state index contributed by atoms with van der Waals surface area (Å²) in [5.41, 5.74) is 9.56. The van der Waals surface area contributed by atoms with Gasteiger partial charge < -0.3 is 10.3 Å². The van der Waals surface area contributed by atoms with Gasteiger partial charge in [-0.15, -0.1) is 0 Å². The predicted octanol–water partition coefficient (Wildman–Crippen LogP) is 3.35. The van der Waals surface area contributed by atoms with Gasteiger partial charge in [0.1, 0.15) is 11.5 Å². The SMILES string of the molecule is CCc1ccccc1-c1ncn(CC(C)C)c1N. The first kappa shape index (κ1) is 12.7. The van der Waals surface area contributed by atoms with E-state index in [1.807, 2.05) is 17.0 Å². The second kappa shape index (κ2) is 5.25. The Morgan fingerprint density at radius 1 is 1.28 bits per heavy atom. The summed E-state index contributed by atoms with van der Waals surface area (Å²) in [6.45, 7) is 7.42. The molecule has 0 aliphatic rings. The van der Waals surface area contributed by atoms with Crippen LogP contribution in [-0.2, 0) is 13.0 Å². The Morgan fingerprint density at radius 3 is 2.67 bits per heavy atom. The number of nitrogens with two attached hydrogens (primary N) is 1. The van der Waals surface area contributed by atoms with E-state index in [1.54, 1.807) is 0 Å². The minimum atomic E-state index is 0.566. The van der Waals surface area contributed by atoms with Crippen LogP contribution in [-0.4, -0.2) is 9.55 Å². The first-order chi connectivity index (χ1) is 8.63. The topological polar surface area (TPSA) is 43.8 Å². The van der Waals surface area contributed by atoms with Crippen LogP contribution in [0.4, 0.5) is 5.82 Å². The lowest BCUT2D eigenvalue weighted by atomic mass is 10.0. The second-order valence-corrected chi connectivity index (χ2v) is 5.04. The largest absolute Gasteiger partial charge is 0.383 e. The van der Waals surface area contributed by atoms with E-state index in [-0.39, 0.29) is 0 Å². The third-order valence-electron chi connectivity index (χ3n) is 3.09. The fourth-order valence-electron chi connectivity index (χ4n) is 2.20. The number of hydrogen-bond acceptors (Lipinski definition) is 2. The van der Waals surface area contributed by atoms with Gasteiger partial charge in [-0.3, -0.25) is 0 Å². The maximum Gasteiger partial charge on any atom is 0.131 e. The van der Waals surface area contributed by atoms with Crippen LogP contribution < -0.4 is 5.73 Å². The van der Waals surface area contributed by atoms with Crippen molar-refractivity contribution in [3.8, 4) is 11.3 Å². The zero-order valence-electron chi connectivity index (χ0n) is 11.4. The quantitative estimate of drug-likeness (QED) is 0.895. The van der Waals surface area contributed by atoms with Crippen LogP contribution in [0, 0.1) is 5.92 Å². The Bertz CT molecular complexity index is 526. The number of nitrogens with zero attached hydrogens (tertiary/aromatic N) is 2. The van der Waals surface area contributed by atoms with Crippen LogP contribution in [0.25, 0.3) is 11.3 Å². The van der Waals surface area contributed by atoms with Crippen molar-refractivity contribution in [2.45, 2.75) is 33.7 Å². The summed E-state index contributed by atoms with van der Waals surface area (Å²) in [4.78, 5) is 4.49. The van der Waals surface area contributed by atoms with E-state index < -0.39 is 0 Å². The van der Waals surface area contributed by atoms with Crippen molar-refractivity contribution in [2.24, 2.45) is 5.92 Å². The van der Waals surface area contributed by atoms with Crippen LogP contribution in [0.1, 0.15) is 26.3 Å². The molecule has 3 heteroatoms. The fraction of sp³-hybridized carbons (Fsp3) is 0.400. The highest BCUT2D eigenvalue weighted by atomic mass is 15.1. The molecule has 0 aliphatic carbocycles. The molecule has 0 spiro atoms. The Kier molecular flexibility index (Phi) is 3.70. The number of aromatic nitrogens is 2. The van der Waals surface area contributed by atoms with Crippen molar-refractivity contribution >= 4 is 5.82 Å². The minimum Gasteiger partial charge on any atom is -0.383 e. The van der Waals surface area contributed by atoms with Crippen LogP contribution in [0.2, 0.25) is 0 Å². The summed E-state index contributed by atoms with van der Waals surface area (Å²) >= 11 is 0. The monoisotopic (exact) mass is 243 g/mol. The Balaban J connectivity index is 2.42. The van der Waals surface area contributed by atoms with Gasteiger partial charge in [-0.1, -0.05) is 45.0 Å². The molecule has 3 nitrogen and oxygen atoms in total. The smallest absolute Gasteiger partial charge is 0.131 e. The second-order valence-electron chi connectivity index (χ2n) is 5.04. The van der Waals surface area contributed by atoms with Gasteiger partial charge in [0.25, 0.3) is 0 Å². The highest BCUT2D eigenvalue weighted by Gasteiger charge is 2.12. The van der Waals surface area contributed by atoms with Crippen molar-refractivity contribution in [1.29, 1.82) is 0 Å². The molecule has 0 saturated carbocycles. The van der Waals surface area contributed by atoms with Crippen LogP contribution in [0.15, 0.2) is 30.6 Å². The zero-order chi connectivity index (χ0) is 13.1. The zero-order valence-corrected chi connectivity index (χ0v) is 11.4. The lowest BCUT2D eigenvalue weighted by Gasteiger charge is -2.09. The van der Waals surface area contributed by atoms with Crippen LogP contribution >= 0.6 is 0 Å². The van der Waals surface area contributed by atoms with Crippen molar-refractivity contribution in [3.63, 3.8) is 0 Å². The summed E-state index contributed by atoms with van der Waals surface area (Å²) in [5, 5.41) is 0. The molecule has 0 amide bonds. The van der Waals surface area contributed by atoms with Crippen molar-refractivity contribution < 1.29 is 0 Å². The van der Waals surface area contributed by atoms with Gasteiger partial charge in [-0.25, -0.2) is 4.98 Å². The molecule has 0 unspecified atom stereocenters. The first-order valence-electron chi connectivity index (χ1n) is 6.52. The molecule has 0 bridgehead atoms. The lowest BCUT2D eigenvalue weighted by Crippen LogP contribution is -2.07. The molecule has 0 radical (unpaired) electrons. The van der Waals surface area contributed by atoms with Crippen molar-refractivity contribution in [2.75, 3.05) is 5.73 Å². The first-order valence-corrected chi connectivity index (χ1v) is 6.52. The molecule has 1 aromatic carbocycles. The number of aryl methyl sites for hydroxylation is 1. The summed E-state index contributed by atoms with van der Waals surface area (Å²) in [7, 11) is 0. The van der Waals surface area contributed by atoms with Crippen LogP contribution in [0.3, 0.4) is 0 Å². The number of benzene rings is 1. The van der Waals surface area contributed by atoms with Gasteiger partial charge in [0.2, 0.25) is 0 Å². The number of imidazole rings is 1. The van der Waals surface area contributed by atoms with Crippen LogP contribution in [0.5, 0.6) is 0 Å². The predicted molar refractivity (Wildman–Crippen MR) is 76.3 cm³/mol. The molecule has 0 saturated heterocycles. The summed E-state index contributed by atoms with van der Waals surface area (Å²) < 4.78 is 2.03. The number of rotatable bonds is 4. The Morgan fingerprint density at radius 2 is 2.00 bits per heavy atom. The molecule has 0 fully saturated rings. The van der Waals surface area contributed by atoms with Gasteiger partial charge in [-0.2, -0.15) is 0 Å². The van der Waals surface area contributed by atoms with Gasteiger partial charge in [-0.05, 0) is 17.9 Å². The highest BCUT2D eigenvalue weighted by molar-refractivity contribution is 5.73. The molecule has 2 rings (SSSR count). The summed E-state index contributed by atoms with van der Waals surface area (Å²) in [5.74, 6) is 1.33. The van der Waals surface area contributed by atoms with E-state index in [9.17, 15) is 0 Å². The van der Waals surface area contributed by atoms with Crippen molar-refractivity contribution in [1.82, 2.24) is 9.55 Å². The maximum atomic E-state index is 6.21. The Hall–Kier alpha value is -1.77. The standard InChI is InChI=1S/C15H21N3/c1-4-12-7-5-6-8-13(12)14-15(16)18(10-17-14)9-11(2)3/h5-8,10-11H,4,9,16H2,1-3H3. The average molecular weight is 243 g/mol. The molecule has 96 valence electrons. The number of nitrogen functional groups attached to an aromatic ring is 1. The normalized spacial score (nSPS) is 11.1. The Labute approximate surface area is 109 Å². The number of anilines is 1. The average Bonchev–Trinajstić information content (AvgIpc) is 2.70. The third-order valence-corrected chi connectivity index (χ3v) is 3.09. The maximum absolute atomic E-state index is 6.21. The van der Waals surface area contributed by atoms with E-state index in [1.165, 1.54) is 5.56 Å². The summed E-state index contributed by atoms with van der Waals surface area (Å²) in [6.07, 6.45) is 2.84. The van der Waals surface area contributed by atoms with Gasteiger partial charge in [0.05, 0.1) is 6.33 Å². The summed E-state index contributed by atoms with van der Waals surface area (Å²) in [6, 6.07) is 8.33. The molecule has 0 aliphatic heterocycles. The van der Waals surface area contributed by atoms with E-state index in [2.05, 4.69) is 44.0 Å². The fourth-order valence-corrected chi connectivity index (χ4v) is 2.20. The highest BCUT2D eigenvalue weighted by Crippen LogP contribution is 2.28. The van der Waals surface area contributed by atoms with Gasteiger partial charge >= 0.3 is 0 Å². The molecule has 1 heterocycles. The molecule has 2 aromatic rings. The number of hydrogen-bond donors (Lipinski definition) is 1. The molecular formula is C15H21N3. The van der Waals surface area contributed by atoms with E-state index >= 15 is 0 Å². The molecule has 1 aromatic heterocycles.